The fourth-order valence-electron chi connectivity index (χ4n) is 3.19. The van der Waals surface area contributed by atoms with Crippen molar-refractivity contribution in [1.82, 2.24) is 5.32 Å². The van der Waals surface area contributed by atoms with Crippen molar-refractivity contribution in [1.29, 1.82) is 0 Å². The van der Waals surface area contributed by atoms with E-state index in [1.807, 2.05) is 0 Å². The van der Waals surface area contributed by atoms with Crippen molar-refractivity contribution in [2.24, 2.45) is 0 Å². The van der Waals surface area contributed by atoms with E-state index in [9.17, 15) is 13.2 Å². The Hall–Kier alpha value is -2.16. The molecular formula is C20H13Cl4N3O3S. The zero-order valence-corrected chi connectivity index (χ0v) is 19.3. The summed E-state index contributed by atoms with van der Waals surface area (Å²) in [6.07, 6.45) is 0. The molecule has 0 saturated carbocycles. The number of nitrogens with one attached hydrogen (secondary N) is 2. The van der Waals surface area contributed by atoms with Gasteiger partial charge in [0.2, 0.25) is 0 Å². The Labute approximate surface area is 198 Å². The van der Waals surface area contributed by atoms with Gasteiger partial charge < -0.3 is 5.32 Å². The predicted octanol–water partition coefficient (Wildman–Crippen LogP) is 6.46. The molecule has 160 valence electrons. The van der Waals surface area contributed by atoms with Gasteiger partial charge in [-0.05, 0) is 54.1 Å². The second kappa shape index (κ2) is 8.41. The van der Waals surface area contributed by atoms with Crippen LogP contribution in [0.1, 0.15) is 5.56 Å². The lowest BCUT2D eigenvalue weighted by Gasteiger charge is -2.31. The summed E-state index contributed by atoms with van der Waals surface area (Å²) in [5, 5.41) is 3.62. The molecule has 0 aromatic heterocycles. The number of carbonyl (C=O) groups excluding carboxylic acids is 1. The number of hydrogen-bond acceptors (Lipinski definition) is 3. The van der Waals surface area contributed by atoms with Crippen molar-refractivity contribution >= 4 is 79.5 Å². The molecule has 0 saturated heterocycles. The molecular weight excluding hydrogens is 504 g/mol. The van der Waals surface area contributed by atoms with Gasteiger partial charge in [0, 0.05) is 17.3 Å². The fourth-order valence-corrected chi connectivity index (χ4v) is 5.57. The molecule has 0 bridgehead atoms. The fraction of sp³-hybridized carbons (Fsp3) is 0.0500. The highest BCUT2D eigenvalue weighted by atomic mass is 35.5. The normalized spacial score (nSPS) is 13.5. The molecule has 3 aromatic carbocycles. The summed E-state index contributed by atoms with van der Waals surface area (Å²) >= 11 is 24.5. The zero-order chi connectivity index (χ0) is 22.3. The number of sulfonamides is 1. The third-order valence-electron chi connectivity index (χ3n) is 4.55. The maximum absolute atomic E-state index is 12.8. The van der Waals surface area contributed by atoms with E-state index >= 15 is 0 Å². The van der Waals surface area contributed by atoms with E-state index in [-0.39, 0.29) is 27.2 Å². The molecule has 6 nitrogen and oxygen atoms in total. The Morgan fingerprint density at radius 3 is 2.32 bits per heavy atom. The highest BCUT2D eigenvalue weighted by Gasteiger charge is 2.29. The number of carbonyl (C=O) groups is 1. The van der Waals surface area contributed by atoms with Crippen LogP contribution in [-0.2, 0) is 16.6 Å². The van der Waals surface area contributed by atoms with E-state index in [1.54, 1.807) is 30.3 Å². The second-order valence-corrected chi connectivity index (χ2v) is 9.90. The first kappa shape index (κ1) is 22.0. The lowest BCUT2D eigenvalue weighted by Crippen LogP contribution is -2.41. The molecule has 0 aliphatic carbocycles. The lowest BCUT2D eigenvalue weighted by atomic mass is 10.1. The molecule has 4 rings (SSSR count). The number of rotatable bonds is 4. The van der Waals surface area contributed by atoms with Crippen molar-refractivity contribution in [3.63, 3.8) is 0 Å². The molecule has 3 aromatic rings. The van der Waals surface area contributed by atoms with Crippen molar-refractivity contribution in [2.45, 2.75) is 11.4 Å². The van der Waals surface area contributed by atoms with Gasteiger partial charge in [-0.15, -0.1) is 0 Å². The Kier molecular flexibility index (Phi) is 5.98. The van der Waals surface area contributed by atoms with Gasteiger partial charge in [-0.3, -0.25) is 9.62 Å². The second-order valence-electron chi connectivity index (χ2n) is 6.59. The zero-order valence-electron chi connectivity index (χ0n) is 15.5. The molecule has 0 atom stereocenters. The SMILES string of the molecule is O=C1NCc2cc(NS(=O)(=O)c3cc(Cl)ccc3Cl)ccc2N1c1c(Cl)cccc1Cl. The first-order valence-electron chi connectivity index (χ1n) is 8.80. The predicted molar refractivity (Wildman–Crippen MR) is 125 cm³/mol. The first-order valence-corrected chi connectivity index (χ1v) is 11.8. The largest absolute Gasteiger partial charge is 0.333 e. The van der Waals surface area contributed by atoms with Gasteiger partial charge >= 0.3 is 6.03 Å². The Morgan fingerprint density at radius 1 is 0.903 bits per heavy atom. The summed E-state index contributed by atoms with van der Waals surface area (Å²) < 4.78 is 28.1. The molecule has 0 radical (unpaired) electrons. The molecule has 0 fully saturated rings. The van der Waals surface area contributed by atoms with Crippen molar-refractivity contribution in [2.75, 3.05) is 9.62 Å². The van der Waals surface area contributed by atoms with Crippen LogP contribution in [0.5, 0.6) is 0 Å². The van der Waals surface area contributed by atoms with Crippen molar-refractivity contribution in [3.8, 4) is 0 Å². The van der Waals surface area contributed by atoms with E-state index in [2.05, 4.69) is 10.0 Å². The van der Waals surface area contributed by atoms with Gasteiger partial charge in [0.25, 0.3) is 10.0 Å². The quantitative estimate of drug-likeness (QED) is 0.417. The highest BCUT2D eigenvalue weighted by Crippen LogP contribution is 2.41. The average molecular weight is 517 g/mol. The monoisotopic (exact) mass is 515 g/mol. The molecule has 11 heteroatoms. The number of urea groups is 1. The lowest BCUT2D eigenvalue weighted by molar-refractivity contribution is 0.247. The number of halogens is 4. The van der Waals surface area contributed by atoms with Gasteiger partial charge in [0.15, 0.2) is 0 Å². The van der Waals surface area contributed by atoms with Crippen LogP contribution in [0, 0.1) is 0 Å². The van der Waals surface area contributed by atoms with Crippen LogP contribution in [-0.4, -0.2) is 14.4 Å². The summed E-state index contributed by atoms with van der Waals surface area (Å²) in [6, 6.07) is 13.5. The standard InChI is InChI=1S/C20H13Cl4N3O3S/c21-12-4-6-14(22)18(9-12)31(29,30)26-13-5-7-17-11(8-13)10-25-20(28)27(17)19-15(23)2-1-3-16(19)24/h1-9,26H,10H2,(H,25,28). The number of amides is 2. The number of para-hydroxylation sites is 1. The summed E-state index contributed by atoms with van der Waals surface area (Å²) in [5.41, 5.74) is 1.81. The Balaban J connectivity index is 1.72. The highest BCUT2D eigenvalue weighted by molar-refractivity contribution is 7.92. The summed E-state index contributed by atoms with van der Waals surface area (Å²) in [7, 11) is -3.99. The molecule has 1 aliphatic rings. The molecule has 31 heavy (non-hydrogen) atoms. The van der Waals surface area contributed by atoms with Gasteiger partial charge in [-0.1, -0.05) is 52.5 Å². The average Bonchev–Trinajstić information content (AvgIpc) is 2.71. The van der Waals surface area contributed by atoms with Gasteiger partial charge in [0.1, 0.15) is 4.90 Å². The van der Waals surface area contributed by atoms with Crippen LogP contribution in [0.4, 0.5) is 21.9 Å². The maximum atomic E-state index is 12.8. The van der Waals surface area contributed by atoms with Crippen molar-refractivity contribution < 1.29 is 13.2 Å². The van der Waals surface area contributed by atoms with E-state index in [1.165, 1.54) is 29.2 Å². The van der Waals surface area contributed by atoms with Crippen LogP contribution in [0.2, 0.25) is 20.1 Å². The van der Waals surface area contributed by atoms with Crippen LogP contribution < -0.4 is 14.9 Å². The number of anilines is 3. The minimum atomic E-state index is -3.99. The van der Waals surface area contributed by atoms with E-state index in [0.717, 1.165) is 0 Å². The number of nitrogens with zero attached hydrogens (tertiary/aromatic N) is 1. The molecule has 2 N–H and O–H groups in total. The minimum absolute atomic E-state index is 0.0432. The maximum Gasteiger partial charge on any atom is 0.326 e. The smallest absolute Gasteiger partial charge is 0.326 e. The van der Waals surface area contributed by atoms with E-state index < -0.39 is 16.1 Å². The van der Waals surface area contributed by atoms with Crippen LogP contribution >= 0.6 is 46.4 Å². The van der Waals surface area contributed by atoms with Crippen LogP contribution in [0.25, 0.3) is 0 Å². The van der Waals surface area contributed by atoms with Gasteiger partial charge in [-0.25, -0.2) is 13.2 Å². The molecule has 0 spiro atoms. The third kappa shape index (κ3) is 4.29. The van der Waals surface area contributed by atoms with Crippen molar-refractivity contribution in [3.05, 3.63) is 80.3 Å². The Morgan fingerprint density at radius 2 is 1.61 bits per heavy atom. The summed E-state index contributed by atoms with van der Waals surface area (Å²) in [4.78, 5) is 13.8. The topological polar surface area (TPSA) is 78.5 Å². The number of hydrogen-bond donors (Lipinski definition) is 2. The molecule has 1 aliphatic heterocycles. The van der Waals surface area contributed by atoms with Crippen LogP contribution in [0.15, 0.2) is 59.5 Å². The third-order valence-corrected chi connectivity index (χ3v) is 7.26. The Bertz CT molecular complexity index is 1290. The minimum Gasteiger partial charge on any atom is -0.333 e. The summed E-state index contributed by atoms with van der Waals surface area (Å²) in [6.45, 7) is 0.195. The van der Waals surface area contributed by atoms with Gasteiger partial charge in [0.05, 0.1) is 26.4 Å². The van der Waals surface area contributed by atoms with E-state index in [0.29, 0.717) is 27.0 Å². The molecule has 1 heterocycles. The first-order chi connectivity index (χ1) is 14.7. The van der Waals surface area contributed by atoms with E-state index in [4.69, 9.17) is 46.4 Å². The summed E-state index contributed by atoms with van der Waals surface area (Å²) in [5.74, 6) is 0. The number of benzene rings is 3. The molecule has 0 unspecified atom stereocenters. The molecule has 2 amide bonds. The van der Waals surface area contributed by atoms with Gasteiger partial charge in [-0.2, -0.15) is 0 Å². The van der Waals surface area contributed by atoms with Crippen LogP contribution in [0.3, 0.4) is 0 Å². The number of fused-ring (bicyclic) bond motifs is 1.